The number of hydrogen-bond donors (Lipinski definition) is 1. The molecule has 1 aliphatic heterocycles. The van der Waals surface area contributed by atoms with Crippen molar-refractivity contribution < 1.29 is 9.84 Å². The zero-order chi connectivity index (χ0) is 6.85. The summed E-state index contributed by atoms with van der Waals surface area (Å²) in [5.41, 5.74) is 0. The third-order valence-corrected chi connectivity index (χ3v) is 2.27. The average molecular weight is 238 g/mol. The molecule has 50 valence electrons. The molecule has 9 heavy (non-hydrogen) atoms. The summed E-state index contributed by atoms with van der Waals surface area (Å²) in [7, 11) is 5.41. The van der Waals surface area contributed by atoms with E-state index in [0.29, 0.717) is 6.42 Å². The van der Waals surface area contributed by atoms with Crippen LogP contribution in [0, 0.1) is 0 Å². The molecule has 0 aliphatic carbocycles. The fourth-order valence-corrected chi connectivity index (χ4v) is 1.69. The summed E-state index contributed by atoms with van der Waals surface area (Å²) in [5.74, 6) is 0. The van der Waals surface area contributed by atoms with Crippen molar-refractivity contribution in [2.24, 2.45) is 0 Å². The van der Waals surface area contributed by atoms with E-state index in [1.165, 1.54) is 0 Å². The summed E-state index contributed by atoms with van der Waals surface area (Å²) in [6, 6.07) is -0.250. The molecule has 0 spiro atoms. The SMILES string of the molecule is [B][C@H]1CC(O)[C@@H](CI)O1. The van der Waals surface area contributed by atoms with E-state index in [9.17, 15) is 0 Å². The first-order chi connectivity index (χ1) is 4.24. The molecule has 4 heteroatoms. The van der Waals surface area contributed by atoms with Crippen LogP contribution in [0.25, 0.3) is 0 Å². The summed E-state index contributed by atoms with van der Waals surface area (Å²) in [6.07, 6.45) is 0.186. The number of alkyl halides is 1. The van der Waals surface area contributed by atoms with Gasteiger partial charge in [-0.3, -0.25) is 0 Å². The topological polar surface area (TPSA) is 29.5 Å². The molecule has 0 aromatic heterocycles. The molecule has 0 bridgehead atoms. The van der Waals surface area contributed by atoms with Gasteiger partial charge < -0.3 is 9.84 Å². The van der Waals surface area contributed by atoms with E-state index in [0.717, 1.165) is 4.43 Å². The molecule has 3 atom stereocenters. The first-order valence-corrected chi connectivity index (χ1v) is 4.41. The molecule has 2 nitrogen and oxygen atoms in total. The largest absolute Gasteiger partial charge is 0.390 e. The summed E-state index contributed by atoms with van der Waals surface area (Å²) >= 11 is 2.17. The van der Waals surface area contributed by atoms with Gasteiger partial charge in [0.15, 0.2) is 0 Å². The first kappa shape index (κ1) is 7.82. The zero-order valence-corrected chi connectivity index (χ0v) is 7.11. The number of ether oxygens (including phenoxy) is 1. The molecule has 1 heterocycles. The van der Waals surface area contributed by atoms with Crippen LogP contribution in [0.1, 0.15) is 6.42 Å². The van der Waals surface area contributed by atoms with Crippen LogP contribution in [0.15, 0.2) is 0 Å². The van der Waals surface area contributed by atoms with E-state index < -0.39 is 0 Å². The molecule has 0 amide bonds. The smallest absolute Gasteiger partial charge is 0.109 e. The Morgan fingerprint density at radius 1 is 1.78 bits per heavy atom. The predicted octanol–water partition coefficient (Wildman–Crippen LogP) is 0.0658. The molecule has 1 unspecified atom stereocenters. The maximum absolute atomic E-state index is 9.15. The molecule has 1 saturated heterocycles. The maximum Gasteiger partial charge on any atom is 0.109 e. The van der Waals surface area contributed by atoms with Crippen molar-refractivity contribution in [2.45, 2.75) is 24.6 Å². The van der Waals surface area contributed by atoms with Gasteiger partial charge in [-0.25, -0.2) is 0 Å². The van der Waals surface area contributed by atoms with Crippen molar-refractivity contribution in [1.29, 1.82) is 0 Å². The number of aliphatic hydroxyl groups is 1. The Morgan fingerprint density at radius 3 is 2.67 bits per heavy atom. The lowest BCUT2D eigenvalue weighted by Gasteiger charge is -2.08. The fraction of sp³-hybridized carbons (Fsp3) is 1.00. The van der Waals surface area contributed by atoms with Gasteiger partial charge in [0.25, 0.3) is 0 Å². The molecule has 1 aliphatic rings. The molecule has 1 fully saturated rings. The second-order valence-corrected chi connectivity index (χ2v) is 3.05. The van der Waals surface area contributed by atoms with Crippen LogP contribution in [-0.2, 0) is 4.74 Å². The number of aliphatic hydroxyl groups excluding tert-OH is 1. The van der Waals surface area contributed by atoms with E-state index in [2.05, 4.69) is 22.6 Å². The van der Waals surface area contributed by atoms with Crippen LogP contribution in [0.2, 0.25) is 0 Å². The molecule has 1 rings (SSSR count). The second-order valence-electron chi connectivity index (χ2n) is 2.17. The summed E-state index contributed by atoms with van der Waals surface area (Å²) in [6.45, 7) is 0. The van der Waals surface area contributed by atoms with Gasteiger partial charge in [0.2, 0.25) is 0 Å². The maximum atomic E-state index is 9.15. The lowest BCUT2D eigenvalue weighted by atomic mass is 9.96. The summed E-state index contributed by atoms with van der Waals surface area (Å²) in [4.78, 5) is 0. The van der Waals surface area contributed by atoms with Gasteiger partial charge >= 0.3 is 0 Å². The van der Waals surface area contributed by atoms with Crippen LogP contribution in [-0.4, -0.2) is 35.6 Å². The lowest BCUT2D eigenvalue weighted by Crippen LogP contribution is -2.21. The molecule has 0 saturated carbocycles. The van der Waals surface area contributed by atoms with Gasteiger partial charge in [-0.2, -0.15) is 0 Å². The highest BCUT2D eigenvalue weighted by Gasteiger charge is 2.29. The fourth-order valence-electron chi connectivity index (χ4n) is 0.900. The Labute approximate surface area is 69.5 Å². The number of hydrogen-bond acceptors (Lipinski definition) is 2. The van der Waals surface area contributed by atoms with E-state index >= 15 is 0 Å². The predicted molar refractivity (Wildman–Crippen MR) is 43.9 cm³/mol. The highest BCUT2D eigenvalue weighted by Crippen LogP contribution is 2.19. The molecule has 1 N–H and O–H groups in total. The van der Waals surface area contributed by atoms with E-state index in [4.69, 9.17) is 17.7 Å². The monoisotopic (exact) mass is 238 g/mol. The van der Waals surface area contributed by atoms with Crippen LogP contribution < -0.4 is 0 Å². The lowest BCUT2D eigenvalue weighted by molar-refractivity contribution is 0.0507. The average Bonchev–Trinajstić information content (AvgIpc) is 2.10. The van der Waals surface area contributed by atoms with Crippen molar-refractivity contribution in [3.63, 3.8) is 0 Å². The third kappa shape index (κ3) is 1.81. The Kier molecular flexibility index (Phi) is 2.79. The molecule has 0 aromatic carbocycles. The van der Waals surface area contributed by atoms with Gasteiger partial charge in [0, 0.05) is 10.4 Å². The Morgan fingerprint density at radius 2 is 2.44 bits per heavy atom. The van der Waals surface area contributed by atoms with Crippen LogP contribution in [0.4, 0.5) is 0 Å². The van der Waals surface area contributed by atoms with Gasteiger partial charge in [-0.05, 0) is 6.42 Å². The number of halogens is 1. The standard InChI is InChI=1S/C5H8BIO2/c6-5-1-3(8)4(2-7)9-5/h3-5,8H,1-2H2/t3?,4-,5-/m1/s1. The Bertz CT molecular complexity index is 101. The summed E-state index contributed by atoms with van der Waals surface area (Å²) < 4.78 is 5.96. The van der Waals surface area contributed by atoms with Gasteiger partial charge in [-0.15, -0.1) is 0 Å². The Hall–Kier alpha value is 0.715. The quantitative estimate of drug-likeness (QED) is 0.397. The molecular formula is C5H8BIO2. The van der Waals surface area contributed by atoms with Gasteiger partial charge in [0.1, 0.15) is 7.85 Å². The molecule has 0 aromatic rings. The van der Waals surface area contributed by atoms with Crippen LogP contribution in [0.5, 0.6) is 0 Å². The van der Waals surface area contributed by atoms with E-state index in [1.807, 2.05) is 0 Å². The highest BCUT2D eigenvalue weighted by molar-refractivity contribution is 14.1. The van der Waals surface area contributed by atoms with E-state index in [-0.39, 0.29) is 18.2 Å². The van der Waals surface area contributed by atoms with Crippen molar-refractivity contribution >= 4 is 30.4 Å². The van der Waals surface area contributed by atoms with Crippen molar-refractivity contribution in [1.82, 2.24) is 0 Å². The first-order valence-electron chi connectivity index (χ1n) is 2.89. The number of rotatable bonds is 1. The summed E-state index contributed by atoms with van der Waals surface area (Å²) in [5, 5.41) is 9.15. The van der Waals surface area contributed by atoms with Crippen molar-refractivity contribution in [3.8, 4) is 0 Å². The van der Waals surface area contributed by atoms with Crippen LogP contribution >= 0.6 is 22.6 Å². The van der Waals surface area contributed by atoms with Crippen molar-refractivity contribution in [2.75, 3.05) is 4.43 Å². The van der Waals surface area contributed by atoms with Crippen molar-refractivity contribution in [3.05, 3.63) is 0 Å². The highest BCUT2D eigenvalue weighted by atomic mass is 127. The van der Waals surface area contributed by atoms with Gasteiger partial charge in [-0.1, -0.05) is 22.6 Å². The van der Waals surface area contributed by atoms with Gasteiger partial charge in [0.05, 0.1) is 12.2 Å². The molecule has 2 radical (unpaired) electrons. The Balaban J connectivity index is 2.38. The minimum Gasteiger partial charge on any atom is -0.390 e. The van der Waals surface area contributed by atoms with Crippen LogP contribution in [0.3, 0.4) is 0 Å². The second kappa shape index (κ2) is 3.21. The minimum atomic E-state index is -0.350. The zero-order valence-electron chi connectivity index (χ0n) is 4.96. The normalized spacial score (nSPS) is 43.6. The third-order valence-electron chi connectivity index (χ3n) is 1.40. The molecular weight excluding hydrogens is 230 g/mol. The van der Waals surface area contributed by atoms with E-state index in [1.54, 1.807) is 0 Å². The minimum absolute atomic E-state index is 0.0411.